The van der Waals surface area contributed by atoms with Gasteiger partial charge >= 0.3 is 12.0 Å². The van der Waals surface area contributed by atoms with E-state index in [2.05, 4.69) is 21.2 Å². The van der Waals surface area contributed by atoms with Crippen LogP contribution in [0, 0.1) is 0 Å². The summed E-state index contributed by atoms with van der Waals surface area (Å²) in [6.07, 6.45) is 2.25. The van der Waals surface area contributed by atoms with E-state index < -0.39 is 12.0 Å². The normalized spacial score (nSPS) is 19.2. The average Bonchev–Trinajstić information content (AvgIpc) is 2.81. The van der Waals surface area contributed by atoms with E-state index >= 15 is 0 Å². The van der Waals surface area contributed by atoms with Gasteiger partial charge in [-0.05, 0) is 46.6 Å². The molecule has 1 aliphatic heterocycles. The monoisotopic (exact) mass is 346 g/mol. The third kappa shape index (κ3) is 3.48. The highest BCUT2D eigenvalue weighted by molar-refractivity contribution is 9.10. The zero-order valence-corrected chi connectivity index (χ0v) is 12.7. The predicted molar refractivity (Wildman–Crippen MR) is 76.2 cm³/mol. The van der Waals surface area contributed by atoms with Gasteiger partial charge in [0.25, 0.3) is 0 Å². The van der Waals surface area contributed by atoms with E-state index in [0.29, 0.717) is 19.5 Å². The second-order valence-electron chi connectivity index (χ2n) is 4.39. The fourth-order valence-corrected chi connectivity index (χ4v) is 3.57. The van der Waals surface area contributed by atoms with Crippen LogP contribution in [-0.2, 0) is 11.3 Å². The molecule has 19 heavy (non-hydrogen) atoms. The van der Waals surface area contributed by atoms with Crippen LogP contribution >= 0.6 is 27.3 Å². The molecule has 2 heterocycles. The molecule has 0 aliphatic carbocycles. The second-order valence-corrected chi connectivity index (χ2v) is 6.25. The molecule has 1 aliphatic rings. The predicted octanol–water partition coefficient (Wildman–Crippen LogP) is 2.66. The number of carbonyl (C=O) groups excluding carboxylic acids is 1. The standard InChI is InChI=1S/C12H15BrN2O3S/c13-8-4-6-19-10(8)7-14-12(18)15-5-2-1-3-9(15)11(16)17/h4,6,9H,1-3,5,7H2,(H,14,18)(H,16,17). The summed E-state index contributed by atoms with van der Waals surface area (Å²) >= 11 is 4.95. The summed E-state index contributed by atoms with van der Waals surface area (Å²) in [5, 5.41) is 13.8. The molecule has 0 radical (unpaired) electrons. The van der Waals surface area contributed by atoms with Crippen molar-refractivity contribution in [1.29, 1.82) is 0 Å². The number of nitrogens with zero attached hydrogens (tertiary/aromatic N) is 1. The van der Waals surface area contributed by atoms with E-state index in [0.717, 1.165) is 22.2 Å². The number of likely N-dealkylation sites (tertiary alicyclic amines) is 1. The quantitative estimate of drug-likeness (QED) is 0.883. The summed E-state index contributed by atoms with van der Waals surface area (Å²) in [7, 11) is 0. The molecule has 1 fully saturated rings. The number of thiophene rings is 1. The second kappa shape index (κ2) is 6.38. The van der Waals surface area contributed by atoms with Crippen LogP contribution < -0.4 is 5.32 Å². The minimum atomic E-state index is -0.924. The molecule has 1 atom stereocenters. The molecule has 0 aromatic carbocycles. The van der Waals surface area contributed by atoms with Crippen molar-refractivity contribution in [3.63, 3.8) is 0 Å². The van der Waals surface area contributed by atoms with Gasteiger partial charge in [-0.2, -0.15) is 0 Å². The van der Waals surface area contributed by atoms with Crippen molar-refractivity contribution in [2.75, 3.05) is 6.54 Å². The maximum Gasteiger partial charge on any atom is 0.326 e. The summed E-state index contributed by atoms with van der Waals surface area (Å²) in [5.74, 6) is -0.924. The first-order valence-electron chi connectivity index (χ1n) is 6.08. The van der Waals surface area contributed by atoms with Crippen molar-refractivity contribution in [1.82, 2.24) is 10.2 Å². The van der Waals surface area contributed by atoms with Gasteiger partial charge in [0.05, 0.1) is 6.54 Å². The van der Waals surface area contributed by atoms with E-state index in [1.54, 1.807) is 11.3 Å². The van der Waals surface area contributed by atoms with Crippen LogP contribution in [-0.4, -0.2) is 34.6 Å². The molecule has 1 aromatic rings. The SMILES string of the molecule is O=C(O)C1CCCCN1C(=O)NCc1sccc1Br. The Morgan fingerprint density at radius 3 is 2.95 bits per heavy atom. The fraction of sp³-hybridized carbons (Fsp3) is 0.500. The van der Waals surface area contributed by atoms with Crippen LogP contribution in [0.5, 0.6) is 0 Å². The molecule has 2 amide bonds. The number of hydrogen-bond acceptors (Lipinski definition) is 3. The highest BCUT2D eigenvalue weighted by atomic mass is 79.9. The number of aliphatic carboxylic acids is 1. The van der Waals surface area contributed by atoms with Gasteiger partial charge in [-0.15, -0.1) is 11.3 Å². The Labute approximate surface area is 123 Å². The molecule has 1 unspecified atom stereocenters. The van der Waals surface area contributed by atoms with E-state index in [9.17, 15) is 9.59 Å². The minimum absolute atomic E-state index is 0.299. The Balaban J connectivity index is 1.94. The number of carboxylic acid groups (broad SMARTS) is 1. The highest BCUT2D eigenvalue weighted by Gasteiger charge is 2.31. The first kappa shape index (κ1) is 14.3. The van der Waals surface area contributed by atoms with Crippen LogP contribution in [0.2, 0.25) is 0 Å². The summed E-state index contributed by atoms with van der Waals surface area (Å²) in [6, 6.07) is 0.931. The lowest BCUT2D eigenvalue weighted by Crippen LogP contribution is -2.51. The number of halogens is 1. The summed E-state index contributed by atoms with van der Waals surface area (Å²) < 4.78 is 0.964. The van der Waals surface area contributed by atoms with Crippen LogP contribution in [0.4, 0.5) is 4.79 Å². The van der Waals surface area contributed by atoms with Gasteiger partial charge < -0.3 is 15.3 Å². The van der Waals surface area contributed by atoms with Gasteiger partial charge in [0.1, 0.15) is 6.04 Å². The molecular weight excluding hydrogens is 332 g/mol. The maximum absolute atomic E-state index is 12.1. The number of amides is 2. The third-order valence-corrected chi connectivity index (χ3v) is 5.07. The van der Waals surface area contributed by atoms with E-state index in [-0.39, 0.29) is 6.03 Å². The van der Waals surface area contributed by atoms with E-state index in [1.165, 1.54) is 4.90 Å². The first-order chi connectivity index (χ1) is 9.09. The molecule has 1 saturated heterocycles. The van der Waals surface area contributed by atoms with Gasteiger partial charge in [0.15, 0.2) is 0 Å². The van der Waals surface area contributed by atoms with Crippen LogP contribution in [0.15, 0.2) is 15.9 Å². The van der Waals surface area contributed by atoms with E-state index in [1.807, 2.05) is 11.4 Å². The number of nitrogens with one attached hydrogen (secondary N) is 1. The lowest BCUT2D eigenvalue weighted by atomic mass is 10.0. The minimum Gasteiger partial charge on any atom is -0.480 e. The van der Waals surface area contributed by atoms with Crippen LogP contribution in [0.3, 0.4) is 0 Å². The summed E-state index contributed by atoms with van der Waals surface area (Å²) in [5.41, 5.74) is 0. The molecular formula is C12H15BrN2O3S. The number of carbonyl (C=O) groups is 2. The Morgan fingerprint density at radius 2 is 2.32 bits per heavy atom. The highest BCUT2D eigenvalue weighted by Crippen LogP contribution is 2.22. The van der Waals surface area contributed by atoms with Gasteiger partial charge in [0, 0.05) is 15.9 Å². The lowest BCUT2D eigenvalue weighted by Gasteiger charge is -2.32. The van der Waals surface area contributed by atoms with Crippen LogP contribution in [0.25, 0.3) is 0 Å². The zero-order valence-electron chi connectivity index (χ0n) is 10.3. The largest absolute Gasteiger partial charge is 0.480 e. The Bertz CT molecular complexity index is 477. The van der Waals surface area contributed by atoms with Gasteiger partial charge in [-0.3, -0.25) is 0 Å². The molecule has 7 heteroatoms. The molecule has 5 nitrogen and oxygen atoms in total. The number of urea groups is 1. The summed E-state index contributed by atoms with van der Waals surface area (Å²) in [6.45, 7) is 0.925. The molecule has 1 aromatic heterocycles. The van der Waals surface area contributed by atoms with Crippen molar-refractivity contribution in [3.8, 4) is 0 Å². The lowest BCUT2D eigenvalue weighted by molar-refractivity contribution is -0.143. The van der Waals surface area contributed by atoms with Crippen molar-refractivity contribution < 1.29 is 14.7 Å². The van der Waals surface area contributed by atoms with Gasteiger partial charge in [-0.1, -0.05) is 0 Å². The number of hydrogen-bond donors (Lipinski definition) is 2. The number of piperidine rings is 1. The Morgan fingerprint density at radius 1 is 1.53 bits per heavy atom. The molecule has 104 valence electrons. The molecule has 0 spiro atoms. The van der Waals surface area contributed by atoms with Gasteiger partial charge in [0.2, 0.25) is 0 Å². The zero-order chi connectivity index (χ0) is 13.8. The first-order valence-corrected chi connectivity index (χ1v) is 7.76. The number of carboxylic acids is 1. The third-order valence-electron chi connectivity index (χ3n) is 3.14. The topological polar surface area (TPSA) is 69.6 Å². The smallest absolute Gasteiger partial charge is 0.326 e. The van der Waals surface area contributed by atoms with Crippen molar-refractivity contribution >= 4 is 39.3 Å². The van der Waals surface area contributed by atoms with Crippen molar-refractivity contribution in [2.24, 2.45) is 0 Å². The Hall–Kier alpha value is -1.08. The maximum atomic E-state index is 12.1. The average molecular weight is 347 g/mol. The number of rotatable bonds is 3. The van der Waals surface area contributed by atoms with Crippen molar-refractivity contribution in [2.45, 2.75) is 31.8 Å². The summed E-state index contributed by atoms with van der Waals surface area (Å²) in [4.78, 5) is 25.6. The van der Waals surface area contributed by atoms with Gasteiger partial charge in [-0.25, -0.2) is 9.59 Å². The molecule has 0 bridgehead atoms. The van der Waals surface area contributed by atoms with E-state index in [4.69, 9.17) is 5.11 Å². The van der Waals surface area contributed by atoms with Crippen molar-refractivity contribution in [3.05, 3.63) is 20.8 Å². The molecule has 2 rings (SSSR count). The Kier molecular flexibility index (Phi) is 4.81. The molecule has 2 N–H and O–H groups in total. The van der Waals surface area contributed by atoms with Crippen LogP contribution in [0.1, 0.15) is 24.1 Å². The fourth-order valence-electron chi connectivity index (χ4n) is 2.14. The molecule has 0 saturated carbocycles.